The smallest absolute Gasteiger partial charge is 0.305 e. The first-order valence-corrected chi connectivity index (χ1v) is 7.14. The minimum atomic E-state index is -0.531. The van der Waals surface area contributed by atoms with Gasteiger partial charge < -0.3 is 15.8 Å². The number of benzene rings is 1. The first-order chi connectivity index (χ1) is 9.86. The average Bonchev–Trinajstić information content (AvgIpc) is 2.68. The van der Waals surface area contributed by atoms with Crippen LogP contribution in [0.15, 0.2) is 18.2 Å². The van der Waals surface area contributed by atoms with Crippen molar-refractivity contribution in [3.8, 4) is 0 Å². The van der Waals surface area contributed by atoms with Crippen LogP contribution in [0.5, 0.6) is 0 Å². The number of methoxy groups -OCH3 is 1. The van der Waals surface area contributed by atoms with Crippen molar-refractivity contribution >= 4 is 17.6 Å². The van der Waals surface area contributed by atoms with Gasteiger partial charge in [-0.3, -0.25) is 9.59 Å². The molecule has 1 aromatic rings. The number of rotatable bonds is 5. The number of fused-ring (bicyclic) bond motifs is 1. The van der Waals surface area contributed by atoms with E-state index in [2.05, 4.69) is 10.1 Å². The van der Waals surface area contributed by atoms with E-state index >= 15 is 0 Å². The van der Waals surface area contributed by atoms with Crippen LogP contribution in [0.4, 0.5) is 5.69 Å². The molecule has 0 saturated heterocycles. The van der Waals surface area contributed by atoms with Gasteiger partial charge in [0.15, 0.2) is 0 Å². The van der Waals surface area contributed by atoms with Gasteiger partial charge in [-0.2, -0.15) is 0 Å². The third-order valence-electron chi connectivity index (χ3n) is 4.08. The van der Waals surface area contributed by atoms with Gasteiger partial charge in [0.2, 0.25) is 5.91 Å². The van der Waals surface area contributed by atoms with Crippen molar-refractivity contribution in [2.45, 2.75) is 44.6 Å². The Labute approximate surface area is 124 Å². The van der Waals surface area contributed by atoms with E-state index in [-0.39, 0.29) is 17.9 Å². The van der Waals surface area contributed by atoms with E-state index in [9.17, 15) is 9.59 Å². The maximum atomic E-state index is 11.9. The fraction of sp³-hybridized carbons (Fsp3) is 0.500. The van der Waals surface area contributed by atoms with Crippen LogP contribution in [-0.4, -0.2) is 19.0 Å². The molecular weight excluding hydrogens is 268 g/mol. The van der Waals surface area contributed by atoms with E-state index in [1.807, 2.05) is 32.0 Å². The van der Waals surface area contributed by atoms with Gasteiger partial charge in [0, 0.05) is 18.2 Å². The molecule has 2 rings (SSSR count). The zero-order chi connectivity index (χ0) is 15.6. The van der Waals surface area contributed by atoms with Crippen LogP contribution in [0.1, 0.15) is 50.3 Å². The van der Waals surface area contributed by atoms with Gasteiger partial charge in [-0.05, 0) is 43.9 Å². The number of anilines is 1. The summed E-state index contributed by atoms with van der Waals surface area (Å²) in [6, 6.07) is 5.68. The molecule has 1 atom stereocenters. The lowest BCUT2D eigenvalue weighted by atomic mass is 9.84. The Balaban J connectivity index is 2.07. The molecule has 1 heterocycles. The SMILES string of the molecule is COC(=O)CCCC(N)c1ccc2c(c1)C(C)(C)C(=O)N2. The molecule has 1 unspecified atom stereocenters. The number of carbonyl (C=O) groups excluding carboxylic acids is 2. The van der Waals surface area contributed by atoms with E-state index in [1.54, 1.807) is 0 Å². The Morgan fingerprint density at radius 2 is 2.14 bits per heavy atom. The molecule has 114 valence electrons. The fourth-order valence-electron chi connectivity index (χ4n) is 2.55. The molecule has 5 nitrogen and oxygen atoms in total. The molecule has 0 saturated carbocycles. The topological polar surface area (TPSA) is 81.4 Å². The predicted molar refractivity (Wildman–Crippen MR) is 80.9 cm³/mol. The van der Waals surface area contributed by atoms with Gasteiger partial charge in [0.25, 0.3) is 0 Å². The summed E-state index contributed by atoms with van der Waals surface area (Å²) in [6.45, 7) is 3.81. The van der Waals surface area contributed by atoms with E-state index in [4.69, 9.17) is 5.73 Å². The minimum Gasteiger partial charge on any atom is -0.469 e. The lowest BCUT2D eigenvalue weighted by Crippen LogP contribution is -2.27. The highest BCUT2D eigenvalue weighted by molar-refractivity contribution is 6.05. The van der Waals surface area contributed by atoms with Crippen LogP contribution in [0, 0.1) is 0 Å². The van der Waals surface area contributed by atoms with Crippen molar-refractivity contribution < 1.29 is 14.3 Å². The zero-order valence-corrected chi connectivity index (χ0v) is 12.7. The molecule has 1 aliphatic rings. The summed E-state index contributed by atoms with van der Waals surface area (Å²) in [5.74, 6) is -0.207. The number of hydrogen-bond acceptors (Lipinski definition) is 4. The number of esters is 1. The summed E-state index contributed by atoms with van der Waals surface area (Å²) in [6.07, 6.45) is 1.77. The van der Waals surface area contributed by atoms with E-state index in [0.29, 0.717) is 19.3 Å². The standard InChI is InChI=1S/C16H22N2O3/c1-16(2)11-9-10(7-8-13(11)18-15(16)20)12(17)5-4-6-14(19)21-3/h7-9,12H,4-6,17H2,1-3H3,(H,18,20). The minimum absolute atomic E-state index is 0.00825. The van der Waals surface area contributed by atoms with Crippen LogP contribution >= 0.6 is 0 Å². The normalized spacial score (nSPS) is 17.0. The lowest BCUT2D eigenvalue weighted by Gasteiger charge is -2.18. The van der Waals surface area contributed by atoms with Crippen LogP contribution < -0.4 is 11.1 Å². The van der Waals surface area contributed by atoms with Crippen LogP contribution in [0.3, 0.4) is 0 Å². The lowest BCUT2D eigenvalue weighted by molar-refractivity contribution is -0.140. The maximum absolute atomic E-state index is 11.9. The molecule has 21 heavy (non-hydrogen) atoms. The first-order valence-electron chi connectivity index (χ1n) is 7.14. The number of nitrogens with two attached hydrogens (primary N) is 1. The Morgan fingerprint density at radius 3 is 2.81 bits per heavy atom. The maximum Gasteiger partial charge on any atom is 0.305 e. The molecule has 0 fully saturated rings. The van der Waals surface area contributed by atoms with Crippen molar-refractivity contribution in [1.29, 1.82) is 0 Å². The van der Waals surface area contributed by atoms with Crippen LogP contribution in [-0.2, 0) is 19.7 Å². The van der Waals surface area contributed by atoms with Gasteiger partial charge in [-0.1, -0.05) is 12.1 Å². The van der Waals surface area contributed by atoms with Gasteiger partial charge in [-0.25, -0.2) is 0 Å². The van der Waals surface area contributed by atoms with E-state index < -0.39 is 5.41 Å². The second-order valence-electron chi connectivity index (χ2n) is 5.96. The van der Waals surface area contributed by atoms with Gasteiger partial charge in [0.05, 0.1) is 12.5 Å². The third kappa shape index (κ3) is 3.08. The van der Waals surface area contributed by atoms with Crippen molar-refractivity contribution in [3.63, 3.8) is 0 Å². The predicted octanol–water partition coefficient (Wildman–Crippen LogP) is 2.26. The second kappa shape index (κ2) is 5.85. The first kappa shape index (κ1) is 15.5. The average molecular weight is 290 g/mol. The Morgan fingerprint density at radius 1 is 1.43 bits per heavy atom. The van der Waals surface area contributed by atoms with E-state index in [0.717, 1.165) is 16.8 Å². The molecular formula is C16H22N2O3. The number of amides is 1. The summed E-state index contributed by atoms with van der Waals surface area (Å²) in [5, 5.41) is 2.88. The Kier molecular flexibility index (Phi) is 4.32. The number of hydrogen-bond donors (Lipinski definition) is 2. The highest BCUT2D eigenvalue weighted by Gasteiger charge is 2.38. The second-order valence-corrected chi connectivity index (χ2v) is 5.96. The molecule has 0 bridgehead atoms. The van der Waals surface area contributed by atoms with Crippen molar-refractivity contribution in [3.05, 3.63) is 29.3 Å². The number of carbonyl (C=O) groups is 2. The molecule has 1 aromatic carbocycles. The number of ether oxygens (including phenoxy) is 1. The molecule has 0 spiro atoms. The van der Waals surface area contributed by atoms with Gasteiger partial charge in [-0.15, -0.1) is 0 Å². The van der Waals surface area contributed by atoms with Gasteiger partial charge in [0.1, 0.15) is 0 Å². The summed E-state index contributed by atoms with van der Waals surface area (Å²) < 4.78 is 4.61. The third-order valence-corrected chi connectivity index (χ3v) is 4.08. The summed E-state index contributed by atoms with van der Waals surface area (Å²) >= 11 is 0. The number of nitrogens with one attached hydrogen (secondary N) is 1. The molecule has 1 aliphatic heterocycles. The van der Waals surface area contributed by atoms with E-state index in [1.165, 1.54) is 7.11 Å². The van der Waals surface area contributed by atoms with Crippen LogP contribution in [0.25, 0.3) is 0 Å². The molecule has 0 aliphatic carbocycles. The summed E-state index contributed by atoms with van der Waals surface area (Å²) in [4.78, 5) is 23.0. The monoisotopic (exact) mass is 290 g/mol. The van der Waals surface area contributed by atoms with Crippen molar-refractivity contribution in [2.24, 2.45) is 5.73 Å². The van der Waals surface area contributed by atoms with Crippen molar-refractivity contribution in [2.75, 3.05) is 12.4 Å². The zero-order valence-electron chi connectivity index (χ0n) is 12.7. The van der Waals surface area contributed by atoms with Gasteiger partial charge >= 0.3 is 5.97 Å². The Bertz CT molecular complexity index is 567. The van der Waals surface area contributed by atoms with Crippen LogP contribution in [0.2, 0.25) is 0 Å². The van der Waals surface area contributed by atoms with Crippen molar-refractivity contribution in [1.82, 2.24) is 0 Å². The molecule has 1 amide bonds. The highest BCUT2D eigenvalue weighted by atomic mass is 16.5. The summed E-state index contributed by atoms with van der Waals surface area (Å²) in [5.41, 5.74) is 8.48. The molecule has 3 N–H and O–H groups in total. The molecule has 5 heteroatoms. The fourth-order valence-corrected chi connectivity index (χ4v) is 2.55. The largest absolute Gasteiger partial charge is 0.469 e. The summed E-state index contributed by atoms with van der Waals surface area (Å²) in [7, 11) is 1.38. The quantitative estimate of drug-likeness (QED) is 0.815. The molecule has 0 aromatic heterocycles. The molecule has 0 radical (unpaired) electrons. The highest BCUT2D eigenvalue weighted by Crippen LogP contribution is 2.38. The Hall–Kier alpha value is -1.88.